The van der Waals surface area contributed by atoms with Gasteiger partial charge in [0.15, 0.2) is 0 Å². The first kappa shape index (κ1) is 29.6. The van der Waals surface area contributed by atoms with E-state index in [0.717, 1.165) is 73.3 Å². The van der Waals surface area contributed by atoms with Crippen LogP contribution in [0.1, 0.15) is 48.1 Å². The Kier molecular flexibility index (Phi) is 8.56. The molecule has 3 aromatic rings. The smallest absolute Gasteiger partial charge is 0.0785 e. The fourth-order valence-electron chi connectivity index (χ4n) is 6.22. The molecule has 0 amide bonds. The van der Waals surface area contributed by atoms with Gasteiger partial charge in [-0.1, -0.05) is 148 Å². The van der Waals surface area contributed by atoms with Gasteiger partial charge in [-0.05, 0) is 87.7 Å². The summed E-state index contributed by atoms with van der Waals surface area (Å²) in [5.41, 5.74) is 18.6. The molecule has 0 bridgehead atoms. The molecule has 3 aromatic carbocycles. The number of allylic oxidation sites excluding steroid dienone is 15. The van der Waals surface area contributed by atoms with Crippen LogP contribution in [-0.4, -0.2) is 6.72 Å². The van der Waals surface area contributed by atoms with Crippen LogP contribution >= 0.6 is 0 Å². The third kappa shape index (κ3) is 5.87. The molecule has 0 heterocycles. The van der Waals surface area contributed by atoms with E-state index in [1.807, 2.05) is 30.4 Å². The predicted molar refractivity (Wildman–Crippen MR) is 198 cm³/mol. The minimum absolute atomic E-state index is 0.474. The fraction of sp³-hybridized carbons (Fsp3) is 0.0909. The average molecular weight is 580 g/mol. The average Bonchev–Trinajstić information content (AvgIpc) is 3.53. The monoisotopic (exact) mass is 579 g/mol. The van der Waals surface area contributed by atoms with Crippen molar-refractivity contribution in [3.63, 3.8) is 0 Å². The lowest BCUT2D eigenvalue weighted by molar-refractivity contribution is 0.775. The summed E-state index contributed by atoms with van der Waals surface area (Å²) in [6, 6.07) is 17.5. The Bertz CT molecular complexity index is 1980. The van der Waals surface area contributed by atoms with E-state index in [1.54, 1.807) is 0 Å². The van der Waals surface area contributed by atoms with Crippen LogP contribution < -0.4 is 0 Å². The van der Waals surface area contributed by atoms with Crippen molar-refractivity contribution in [1.29, 1.82) is 0 Å². The van der Waals surface area contributed by atoms with Crippen LogP contribution in [0, 0.1) is 5.92 Å². The molecule has 45 heavy (non-hydrogen) atoms. The van der Waals surface area contributed by atoms with E-state index < -0.39 is 0 Å². The van der Waals surface area contributed by atoms with Crippen molar-refractivity contribution in [2.75, 3.05) is 0 Å². The highest BCUT2D eigenvalue weighted by molar-refractivity contribution is 6.03. The maximum Gasteiger partial charge on any atom is 0.0785 e. The zero-order valence-electron chi connectivity index (χ0n) is 26.1. The molecule has 0 aromatic heterocycles. The van der Waals surface area contributed by atoms with Crippen molar-refractivity contribution >= 4 is 41.3 Å². The number of fused-ring (bicyclic) bond motifs is 1. The van der Waals surface area contributed by atoms with E-state index >= 15 is 0 Å². The van der Waals surface area contributed by atoms with Gasteiger partial charge in [0.1, 0.15) is 0 Å². The van der Waals surface area contributed by atoms with Crippen LogP contribution in [0.4, 0.5) is 5.69 Å². The molecule has 0 aliphatic heterocycles. The molecule has 3 aliphatic rings. The first-order valence-electron chi connectivity index (χ1n) is 15.5. The number of nitrogens with zero attached hydrogens (tertiary/aromatic N) is 1. The maximum atomic E-state index is 4.66. The molecule has 0 spiro atoms. The first-order chi connectivity index (χ1) is 22.0. The van der Waals surface area contributed by atoms with E-state index in [2.05, 4.69) is 148 Å². The van der Waals surface area contributed by atoms with Crippen LogP contribution in [0.25, 0.3) is 51.1 Å². The van der Waals surface area contributed by atoms with Gasteiger partial charge in [0, 0.05) is 16.7 Å². The molecule has 0 fully saturated rings. The molecular formula is C44H37N. The molecule has 0 saturated carbocycles. The quantitative estimate of drug-likeness (QED) is 0.195. The minimum Gasteiger partial charge on any atom is -0.263 e. The van der Waals surface area contributed by atoms with Gasteiger partial charge in [0.2, 0.25) is 0 Å². The lowest BCUT2D eigenvalue weighted by Crippen LogP contribution is -2.00. The van der Waals surface area contributed by atoms with Gasteiger partial charge in [0.25, 0.3) is 0 Å². The summed E-state index contributed by atoms with van der Waals surface area (Å²) in [5, 5.41) is 0. The molecular weight excluding hydrogens is 542 g/mol. The van der Waals surface area contributed by atoms with Crippen molar-refractivity contribution < 1.29 is 0 Å². The summed E-state index contributed by atoms with van der Waals surface area (Å²) in [7, 11) is 0. The topological polar surface area (TPSA) is 12.4 Å². The number of benzene rings is 3. The lowest BCUT2D eigenvalue weighted by Gasteiger charge is -2.23. The van der Waals surface area contributed by atoms with Crippen molar-refractivity contribution in [3.05, 3.63) is 174 Å². The molecule has 1 nitrogen and oxygen atoms in total. The Hall–Kier alpha value is -5.49. The summed E-state index contributed by atoms with van der Waals surface area (Å²) in [4.78, 5) is 4.66. The molecule has 1 unspecified atom stereocenters. The van der Waals surface area contributed by atoms with Crippen LogP contribution in [0.3, 0.4) is 0 Å². The Labute approximate surface area is 267 Å². The molecule has 6 rings (SSSR count). The molecule has 0 radical (unpaired) electrons. The van der Waals surface area contributed by atoms with E-state index in [-0.39, 0.29) is 0 Å². The highest BCUT2D eigenvalue weighted by Crippen LogP contribution is 2.48. The Morgan fingerprint density at radius 1 is 0.733 bits per heavy atom. The molecule has 3 aliphatic carbocycles. The third-order valence-electron chi connectivity index (χ3n) is 8.65. The summed E-state index contributed by atoms with van der Waals surface area (Å²) in [6.45, 7) is 16.7. The second-order valence-electron chi connectivity index (χ2n) is 11.4. The summed E-state index contributed by atoms with van der Waals surface area (Å²) in [5.74, 6) is 0.474. The standard InChI is InChI=1S/C44H37N/c1-6-32-14-11-16-34(21-19-32)36-24-28-38(29-25-36)43-40-17-9-8-13-31(4)41(40)42(39(7-2)44(43)45-5)37-26-22-35(23-27-37)33-15-10-12-30(3)18-20-33/h7-12,14-29,32H,2-3,5-6H2,1,4H3. The van der Waals surface area contributed by atoms with Gasteiger partial charge in [-0.25, -0.2) is 0 Å². The van der Waals surface area contributed by atoms with Crippen molar-refractivity contribution in [3.8, 4) is 22.3 Å². The van der Waals surface area contributed by atoms with Crippen molar-refractivity contribution in [2.24, 2.45) is 10.9 Å². The SMILES string of the molecule is C=Cc1c(N=C)c(-c2ccc(C3=CC=CC(CC)C=C3)cc2)c2c(c1-c1ccc(C3=CC=CC(=C)C=C3)cc1)C(C)=C=CC=C2. The second kappa shape index (κ2) is 13.0. The third-order valence-corrected chi connectivity index (χ3v) is 8.65. The predicted octanol–water partition coefficient (Wildman–Crippen LogP) is 12.2. The summed E-state index contributed by atoms with van der Waals surface area (Å²) < 4.78 is 0. The molecule has 218 valence electrons. The molecule has 0 N–H and O–H groups in total. The van der Waals surface area contributed by atoms with Gasteiger partial charge in [-0.3, -0.25) is 4.99 Å². The zero-order valence-corrected chi connectivity index (χ0v) is 26.1. The van der Waals surface area contributed by atoms with E-state index in [9.17, 15) is 0 Å². The van der Waals surface area contributed by atoms with E-state index in [4.69, 9.17) is 0 Å². The Morgan fingerprint density at radius 2 is 1.38 bits per heavy atom. The van der Waals surface area contributed by atoms with Gasteiger partial charge >= 0.3 is 0 Å². The molecule has 1 heteroatoms. The zero-order chi connectivity index (χ0) is 31.3. The largest absolute Gasteiger partial charge is 0.263 e. The van der Waals surface area contributed by atoms with Crippen LogP contribution in [0.15, 0.2) is 151 Å². The Morgan fingerprint density at radius 3 is 2.04 bits per heavy atom. The van der Waals surface area contributed by atoms with Crippen molar-refractivity contribution in [1.82, 2.24) is 0 Å². The second-order valence-corrected chi connectivity index (χ2v) is 11.4. The molecule has 0 saturated heterocycles. The minimum atomic E-state index is 0.474. The number of rotatable bonds is 7. The molecule has 1 atom stereocenters. The highest BCUT2D eigenvalue weighted by atomic mass is 14.7. The summed E-state index contributed by atoms with van der Waals surface area (Å²) in [6.07, 6.45) is 30.7. The highest BCUT2D eigenvalue weighted by Gasteiger charge is 2.24. The van der Waals surface area contributed by atoms with Crippen molar-refractivity contribution in [2.45, 2.75) is 20.3 Å². The number of hydrogen-bond acceptors (Lipinski definition) is 1. The van der Waals surface area contributed by atoms with Gasteiger partial charge in [-0.2, -0.15) is 0 Å². The van der Waals surface area contributed by atoms with Gasteiger partial charge < -0.3 is 0 Å². The number of hydrogen-bond donors (Lipinski definition) is 0. The maximum absolute atomic E-state index is 4.66. The van der Waals surface area contributed by atoms with Gasteiger partial charge in [-0.15, -0.1) is 5.73 Å². The first-order valence-corrected chi connectivity index (χ1v) is 15.5. The lowest BCUT2D eigenvalue weighted by atomic mass is 9.81. The fourth-order valence-corrected chi connectivity index (χ4v) is 6.22. The van der Waals surface area contributed by atoms with Crippen LogP contribution in [0.2, 0.25) is 0 Å². The van der Waals surface area contributed by atoms with E-state index in [0.29, 0.717) is 5.92 Å². The Balaban J connectivity index is 1.50. The normalized spacial score (nSPS) is 16.7. The van der Waals surface area contributed by atoms with Crippen LogP contribution in [0.5, 0.6) is 0 Å². The summed E-state index contributed by atoms with van der Waals surface area (Å²) >= 11 is 0. The van der Waals surface area contributed by atoms with Gasteiger partial charge in [0.05, 0.1) is 5.69 Å². The van der Waals surface area contributed by atoms with E-state index in [1.165, 1.54) is 11.1 Å². The number of aliphatic imine (C=N–C) groups is 1. The van der Waals surface area contributed by atoms with Crippen LogP contribution in [-0.2, 0) is 0 Å².